The van der Waals surface area contributed by atoms with Gasteiger partial charge in [-0.3, -0.25) is 4.79 Å². The van der Waals surface area contributed by atoms with Crippen molar-refractivity contribution in [1.82, 2.24) is 15.1 Å². The van der Waals surface area contributed by atoms with Crippen LogP contribution in [0.3, 0.4) is 0 Å². The van der Waals surface area contributed by atoms with E-state index in [1.54, 1.807) is 0 Å². The van der Waals surface area contributed by atoms with E-state index in [0.29, 0.717) is 0 Å². The number of carboxylic acids is 1. The van der Waals surface area contributed by atoms with Gasteiger partial charge in [0.25, 0.3) is 0 Å². The summed E-state index contributed by atoms with van der Waals surface area (Å²) < 4.78 is 1.17. The fraction of sp³-hybridized carbons (Fsp3) is 0.545. The molecule has 0 aliphatic rings. The molecule has 0 saturated heterocycles. The van der Waals surface area contributed by atoms with Crippen molar-refractivity contribution < 1.29 is 14.7 Å². The summed E-state index contributed by atoms with van der Waals surface area (Å²) >= 11 is 0. The first-order valence-electron chi connectivity index (χ1n) is 5.42. The number of nitrogens with zero attached hydrogens (tertiary/aromatic N) is 2. The van der Waals surface area contributed by atoms with Crippen molar-refractivity contribution in [2.24, 2.45) is 0 Å². The molecule has 1 amide bonds. The van der Waals surface area contributed by atoms with Gasteiger partial charge in [0.15, 0.2) is 0 Å². The van der Waals surface area contributed by atoms with E-state index >= 15 is 0 Å². The summed E-state index contributed by atoms with van der Waals surface area (Å²) in [7, 11) is 0. The summed E-state index contributed by atoms with van der Waals surface area (Å²) in [6, 6.07) is 1.36. The maximum Gasteiger partial charge on any atom is 0.354 e. The Labute approximate surface area is 99.6 Å². The molecule has 0 radical (unpaired) electrons. The Morgan fingerprint density at radius 2 is 2.18 bits per heavy atom. The standard InChI is InChI=1S/C11H17N3O3/c1-4-11(2,3)13-9(15)7-14-8(10(16)17)5-6-12-14/h5-6H,4,7H2,1-3H3,(H,13,15)(H,16,17). The lowest BCUT2D eigenvalue weighted by atomic mass is 10.0. The zero-order chi connectivity index (χ0) is 13.1. The van der Waals surface area contributed by atoms with Gasteiger partial charge in [-0.15, -0.1) is 0 Å². The molecule has 2 N–H and O–H groups in total. The summed E-state index contributed by atoms with van der Waals surface area (Å²) in [6.07, 6.45) is 2.16. The van der Waals surface area contributed by atoms with Crippen molar-refractivity contribution >= 4 is 11.9 Å². The number of amides is 1. The fourth-order valence-electron chi connectivity index (χ4n) is 1.28. The molecule has 1 aromatic rings. The van der Waals surface area contributed by atoms with Crippen LogP contribution in [-0.4, -0.2) is 32.3 Å². The number of aromatic carboxylic acids is 1. The van der Waals surface area contributed by atoms with E-state index in [2.05, 4.69) is 10.4 Å². The maximum atomic E-state index is 11.7. The number of rotatable bonds is 5. The number of hydrogen-bond acceptors (Lipinski definition) is 3. The summed E-state index contributed by atoms with van der Waals surface area (Å²) in [5.74, 6) is -1.34. The van der Waals surface area contributed by atoms with Crippen LogP contribution in [-0.2, 0) is 11.3 Å². The Bertz CT molecular complexity index is 423. The Kier molecular flexibility index (Phi) is 3.88. The second-order valence-corrected chi connectivity index (χ2v) is 4.46. The molecule has 0 fully saturated rings. The molecular weight excluding hydrogens is 222 g/mol. The van der Waals surface area contributed by atoms with Crippen LogP contribution < -0.4 is 5.32 Å². The van der Waals surface area contributed by atoms with Crippen molar-refractivity contribution in [3.63, 3.8) is 0 Å². The zero-order valence-corrected chi connectivity index (χ0v) is 10.2. The van der Waals surface area contributed by atoms with Crippen molar-refractivity contribution in [2.45, 2.75) is 39.3 Å². The van der Waals surface area contributed by atoms with Crippen molar-refractivity contribution in [3.8, 4) is 0 Å². The van der Waals surface area contributed by atoms with Crippen LogP contribution >= 0.6 is 0 Å². The minimum absolute atomic E-state index is 0.00875. The first kappa shape index (κ1) is 13.2. The van der Waals surface area contributed by atoms with Gasteiger partial charge in [-0.1, -0.05) is 6.92 Å². The third-order valence-corrected chi connectivity index (χ3v) is 2.59. The average molecular weight is 239 g/mol. The molecule has 0 atom stereocenters. The highest BCUT2D eigenvalue weighted by atomic mass is 16.4. The van der Waals surface area contributed by atoms with E-state index in [4.69, 9.17) is 5.11 Å². The van der Waals surface area contributed by atoms with Gasteiger partial charge in [0, 0.05) is 11.7 Å². The van der Waals surface area contributed by atoms with Gasteiger partial charge >= 0.3 is 5.97 Å². The van der Waals surface area contributed by atoms with Gasteiger partial charge in [0.05, 0.1) is 0 Å². The largest absolute Gasteiger partial charge is 0.477 e. The predicted octanol–water partition coefficient (Wildman–Crippen LogP) is 0.886. The lowest BCUT2D eigenvalue weighted by Gasteiger charge is -2.24. The summed E-state index contributed by atoms with van der Waals surface area (Å²) in [6.45, 7) is 5.70. The van der Waals surface area contributed by atoms with Crippen LogP contribution in [0.25, 0.3) is 0 Å². The van der Waals surface area contributed by atoms with Crippen LogP contribution in [0.4, 0.5) is 0 Å². The number of carboxylic acid groups (broad SMARTS) is 1. The Morgan fingerprint density at radius 3 is 2.71 bits per heavy atom. The third kappa shape index (κ3) is 3.58. The first-order valence-corrected chi connectivity index (χ1v) is 5.42. The minimum Gasteiger partial charge on any atom is -0.477 e. The Hall–Kier alpha value is -1.85. The quantitative estimate of drug-likeness (QED) is 0.799. The monoisotopic (exact) mass is 239 g/mol. The number of hydrogen-bond donors (Lipinski definition) is 2. The van der Waals surface area contributed by atoms with E-state index in [1.165, 1.54) is 16.9 Å². The molecule has 0 bridgehead atoms. The van der Waals surface area contributed by atoms with E-state index < -0.39 is 5.97 Å². The van der Waals surface area contributed by atoms with Gasteiger partial charge in [-0.25, -0.2) is 9.48 Å². The number of carbonyl (C=O) groups excluding carboxylic acids is 1. The van der Waals surface area contributed by atoms with Gasteiger partial charge in [-0.05, 0) is 26.3 Å². The molecule has 1 heterocycles. The van der Waals surface area contributed by atoms with E-state index in [-0.39, 0.29) is 23.7 Å². The molecule has 0 saturated carbocycles. The second kappa shape index (κ2) is 4.99. The Morgan fingerprint density at radius 1 is 1.53 bits per heavy atom. The summed E-state index contributed by atoms with van der Waals surface area (Å²) in [5, 5.41) is 15.5. The summed E-state index contributed by atoms with van der Waals surface area (Å²) in [4.78, 5) is 22.5. The molecule has 0 unspecified atom stereocenters. The molecule has 0 aliphatic carbocycles. The highest BCUT2D eigenvalue weighted by Crippen LogP contribution is 2.07. The molecule has 0 aromatic carbocycles. The third-order valence-electron chi connectivity index (χ3n) is 2.59. The summed E-state index contributed by atoms with van der Waals surface area (Å²) in [5.41, 5.74) is -0.289. The molecule has 0 aliphatic heterocycles. The lowest BCUT2D eigenvalue weighted by molar-refractivity contribution is -0.123. The van der Waals surface area contributed by atoms with Crippen molar-refractivity contribution in [3.05, 3.63) is 18.0 Å². The van der Waals surface area contributed by atoms with E-state index in [1.807, 2.05) is 20.8 Å². The predicted molar refractivity (Wildman–Crippen MR) is 61.7 cm³/mol. The van der Waals surface area contributed by atoms with Crippen molar-refractivity contribution in [2.75, 3.05) is 0 Å². The highest BCUT2D eigenvalue weighted by molar-refractivity contribution is 5.86. The molecule has 1 aromatic heterocycles. The minimum atomic E-state index is -1.09. The second-order valence-electron chi connectivity index (χ2n) is 4.46. The van der Waals surface area contributed by atoms with Gasteiger partial charge in [0.2, 0.25) is 5.91 Å². The topological polar surface area (TPSA) is 84.2 Å². The van der Waals surface area contributed by atoms with E-state index in [0.717, 1.165) is 6.42 Å². The Balaban J connectivity index is 2.69. The van der Waals surface area contributed by atoms with Crippen LogP contribution in [0.15, 0.2) is 12.3 Å². The molecule has 6 heteroatoms. The first-order chi connectivity index (χ1) is 7.85. The van der Waals surface area contributed by atoms with Crippen LogP contribution in [0.5, 0.6) is 0 Å². The van der Waals surface area contributed by atoms with Gasteiger partial charge in [0.1, 0.15) is 12.2 Å². The SMILES string of the molecule is CCC(C)(C)NC(=O)Cn1nccc1C(=O)O. The van der Waals surface area contributed by atoms with Crippen LogP contribution in [0.1, 0.15) is 37.7 Å². The average Bonchev–Trinajstić information content (AvgIpc) is 2.65. The highest BCUT2D eigenvalue weighted by Gasteiger charge is 2.19. The molecular formula is C11H17N3O3. The smallest absolute Gasteiger partial charge is 0.354 e. The number of aromatic nitrogens is 2. The van der Waals surface area contributed by atoms with Crippen LogP contribution in [0, 0.1) is 0 Å². The molecule has 0 spiro atoms. The van der Waals surface area contributed by atoms with Crippen molar-refractivity contribution in [1.29, 1.82) is 0 Å². The zero-order valence-electron chi connectivity index (χ0n) is 10.2. The van der Waals surface area contributed by atoms with E-state index in [9.17, 15) is 9.59 Å². The normalized spacial score (nSPS) is 11.2. The molecule has 6 nitrogen and oxygen atoms in total. The van der Waals surface area contributed by atoms with Crippen LogP contribution in [0.2, 0.25) is 0 Å². The number of nitrogens with one attached hydrogen (secondary N) is 1. The number of carbonyl (C=O) groups is 2. The molecule has 1 rings (SSSR count). The maximum absolute atomic E-state index is 11.7. The lowest BCUT2D eigenvalue weighted by Crippen LogP contribution is -2.44. The van der Waals surface area contributed by atoms with Gasteiger partial charge in [-0.2, -0.15) is 5.10 Å². The fourth-order valence-corrected chi connectivity index (χ4v) is 1.28. The van der Waals surface area contributed by atoms with Gasteiger partial charge < -0.3 is 10.4 Å². The molecule has 17 heavy (non-hydrogen) atoms. The molecule has 94 valence electrons.